The summed E-state index contributed by atoms with van der Waals surface area (Å²) in [6.45, 7) is 20.4. The second-order valence-electron chi connectivity index (χ2n) is 22.9. The molecule has 0 fully saturated rings. The van der Waals surface area contributed by atoms with Gasteiger partial charge in [0.05, 0.1) is 9.79 Å². The summed E-state index contributed by atoms with van der Waals surface area (Å²) in [5, 5.41) is 0. The molecule has 0 aromatic heterocycles. The van der Waals surface area contributed by atoms with E-state index in [2.05, 4.69) is 139 Å². The monoisotopic (exact) mass is 1230 g/mol. The molecule has 0 atom stereocenters. The molecule has 0 spiro atoms. The third kappa shape index (κ3) is 20.6. The molecule has 91 heavy (non-hydrogen) atoms. The van der Waals surface area contributed by atoms with Crippen molar-refractivity contribution in [3.63, 3.8) is 0 Å². The van der Waals surface area contributed by atoms with Crippen molar-refractivity contribution >= 4 is 33.2 Å². The molecule has 0 amide bonds. The van der Waals surface area contributed by atoms with Gasteiger partial charge >= 0.3 is 0 Å². The largest absolute Gasteiger partial charge is 0.457 e. The van der Waals surface area contributed by atoms with Gasteiger partial charge in [0.2, 0.25) is 9.84 Å². The minimum absolute atomic E-state index is 0.0471. The van der Waals surface area contributed by atoms with Gasteiger partial charge in [0.25, 0.3) is 0 Å². The van der Waals surface area contributed by atoms with Crippen LogP contribution in [-0.4, -0.2) is 20.0 Å². The summed E-state index contributed by atoms with van der Waals surface area (Å²) < 4.78 is 30.2. The number of carbonyl (C=O) groups excluding carboxylic acids is 2. The fourth-order valence-corrected chi connectivity index (χ4v) is 11.2. The van der Waals surface area contributed by atoms with Crippen LogP contribution < -0.4 is 4.74 Å². The first-order chi connectivity index (χ1) is 43.7. The normalized spacial score (nSPS) is 10.5. The van der Waals surface area contributed by atoms with E-state index in [0.29, 0.717) is 20.9 Å². The minimum atomic E-state index is -3.37. The Labute approximate surface area is 544 Å². The van der Waals surface area contributed by atoms with E-state index in [9.17, 15) is 18.0 Å². The quantitative estimate of drug-likeness (QED) is 0.113. The summed E-state index contributed by atoms with van der Waals surface area (Å²) in [5.74, 6) is 1.89. The van der Waals surface area contributed by atoms with Crippen molar-refractivity contribution in [2.24, 2.45) is 0 Å². The zero-order valence-electron chi connectivity index (χ0n) is 53.6. The number of benzene rings is 12. The fourth-order valence-electron chi connectivity index (χ4n) is 9.13. The zero-order chi connectivity index (χ0) is 64.9. The summed E-state index contributed by atoms with van der Waals surface area (Å²) in [6, 6.07) is 95.0. The van der Waals surface area contributed by atoms with Crippen molar-refractivity contribution in [1.29, 1.82) is 0 Å². The summed E-state index contributed by atoms with van der Waals surface area (Å²) in [5.41, 5.74) is 19.5. The van der Waals surface area contributed by atoms with E-state index in [1.54, 1.807) is 60.3 Å². The van der Waals surface area contributed by atoms with E-state index in [1.165, 1.54) is 54.3 Å². The number of sulfone groups is 1. The molecule has 0 saturated carbocycles. The average molecular weight is 1230 g/mol. The highest BCUT2D eigenvalue weighted by molar-refractivity contribution is 7.99. The maximum absolute atomic E-state index is 12.8. The Morgan fingerprint density at radius 2 is 0.418 bits per heavy atom. The zero-order valence-corrected chi connectivity index (χ0v) is 55.2. The SMILES string of the molecule is Cc1ccc(-c2ccc(C(=O)c3ccc(-c4ccc(C)cc4)cc3)cc2)cc1.Cc1ccc(C(=O)c2ccc(C)cc2)cc1.Cc1ccc(Oc2ccc(C)cc2)cc1.Cc1ccc(S(=O)(=O)c2ccc(C)cc2)cc1.Cc1ccc(Sc2ccc(C)cc2)cc1. The van der Waals surface area contributed by atoms with Crippen molar-refractivity contribution in [3.8, 4) is 33.8 Å². The number of hydrogen-bond donors (Lipinski definition) is 0. The molecule has 456 valence electrons. The first-order valence-electron chi connectivity index (χ1n) is 30.3. The Bertz CT molecular complexity index is 3990. The molecule has 12 aromatic rings. The van der Waals surface area contributed by atoms with Crippen LogP contribution in [0.1, 0.15) is 87.5 Å². The van der Waals surface area contributed by atoms with Crippen LogP contribution in [0.3, 0.4) is 0 Å². The van der Waals surface area contributed by atoms with E-state index >= 15 is 0 Å². The Hall–Kier alpha value is -9.92. The number of aryl methyl sites for hydroxylation is 10. The van der Waals surface area contributed by atoms with Crippen molar-refractivity contribution in [2.45, 2.75) is 88.8 Å². The number of ketones is 2. The van der Waals surface area contributed by atoms with E-state index in [4.69, 9.17) is 4.74 Å². The van der Waals surface area contributed by atoms with Gasteiger partial charge in [-0.15, -0.1) is 0 Å². The highest BCUT2D eigenvalue weighted by Gasteiger charge is 2.17. The van der Waals surface area contributed by atoms with E-state index in [1.807, 2.05) is 173 Å². The lowest BCUT2D eigenvalue weighted by Gasteiger charge is -2.07. The van der Waals surface area contributed by atoms with Gasteiger partial charge in [-0.25, -0.2) is 8.42 Å². The van der Waals surface area contributed by atoms with Crippen LogP contribution in [0.5, 0.6) is 11.5 Å². The summed E-state index contributed by atoms with van der Waals surface area (Å²) in [6.07, 6.45) is 0. The highest BCUT2D eigenvalue weighted by atomic mass is 32.2. The van der Waals surface area contributed by atoms with Gasteiger partial charge in [-0.05, 0) is 164 Å². The van der Waals surface area contributed by atoms with Crippen molar-refractivity contribution in [2.75, 3.05) is 0 Å². The lowest BCUT2D eigenvalue weighted by Crippen LogP contribution is -2.01. The Kier molecular flexibility index (Phi) is 24.0. The summed E-state index contributed by atoms with van der Waals surface area (Å²) in [7, 11) is -3.37. The number of ether oxygens (including phenoxy) is 1. The van der Waals surface area contributed by atoms with E-state index < -0.39 is 9.84 Å². The molecule has 0 bridgehead atoms. The third-order valence-electron chi connectivity index (χ3n) is 14.9. The van der Waals surface area contributed by atoms with Crippen LogP contribution >= 0.6 is 11.8 Å². The first-order valence-corrected chi connectivity index (χ1v) is 32.6. The minimum Gasteiger partial charge on any atom is -0.457 e. The van der Waals surface area contributed by atoms with Gasteiger partial charge in [-0.3, -0.25) is 9.59 Å². The Morgan fingerprint density at radius 1 is 0.242 bits per heavy atom. The molecular weight excluding hydrogens is 1150 g/mol. The molecule has 0 aliphatic carbocycles. The summed E-state index contributed by atoms with van der Waals surface area (Å²) in [4.78, 5) is 28.2. The molecule has 0 aliphatic heterocycles. The Balaban J connectivity index is 0.000000151. The Morgan fingerprint density at radius 3 is 0.659 bits per heavy atom. The highest BCUT2D eigenvalue weighted by Crippen LogP contribution is 2.29. The number of hydrogen-bond acceptors (Lipinski definition) is 6. The lowest BCUT2D eigenvalue weighted by atomic mass is 9.97. The molecule has 0 heterocycles. The standard InChI is InChI=1S/C27H22O.C15H14O.C14H14O2S.C14H14O.C14H14S/c1-19-3-7-21(8-4-19)23-11-15-25(16-12-23)27(28)26-17-13-24(14-18-26)22-9-5-20(2)6-10-22;1-11-3-7-13(8-4-11)15(16)14-9-5-12(2)6-10-14;1-11-3-7-13(8-4-11)17(15,16)14-9-5-12(2)6-10-14;2*1-11-3-7-13(8-4-11)15-14-9-5-12(2)6-10-14/h3-18H,1-2H3;3-10H,1-2H3;3-10H,1-2H3;2*3-10H,1-2H3. The molecule has 12 rings (SSSR count). The van der Waals surface area contributed by atoms with Crippen molar-refractivity contribution < 1.29 is 22.7 Å². The fraction of sp³-hybridized carbons (Fsp3) is 0.119. The van der Waals surface area contributed by atoms with Crippen LogP contribution in [0.2, 0.25) is 0 Å². The lowest BCUT2D eigenvalue weighted by molar-refractivity contribution is 0.103. The average Bonchev–Trinajstić information content (AvgIpc) is 2.00. The van der Waals surface area contributed by atoms with E-state index in [0.717, 1.165) is 56.0 Å². The molecule has 0 radical (unpaired) electrons. The van der Waals surface area contributed by atoms with Crippen LogP contribution in [0.25, 0.3) is 22.3 Å². The molecule has 12 aromatic carbocycles. The molecule has 0 unspecified atom stereocenters. The van der Waals surface area contributed by atoms with Gasteiger partial charge in [0.15, 0.2) is 11.6 Å². The predicted molar refractivity (Wildman–Crippen MR) is 379 cm³/mol. The van der Waals surface area contributed by atoms with Crippen LogP contribution in [0.15, 0.2) is 311 Å². The molecule has 0 N–H and O–H groups in total. The first kappa shape index (κ1) is 67.0. The molecule has 0 saturated heterocycles. The molecule has 5 nitrogen and oxygen atoms in total. The molecule has 0 aliphatic rings. The van der Waals surface area contributed by atoms with Gasteiger partial charge in [0, 0.05) is 32.0 Å². The smallest absolute Gasteiger partial charge is 0.206 e. The number of carbonyl (C=O) groups is 2. The van der Waals surface area contributed by atoms with Gasteiger partial charge < -0.3 is 4.74 Å². The maximum Gasteiger partial charge on any atom is 0.206 e. The number of rotatable bonds is 12. The molecular formula is C84H78O5S2. The third-order valence-corrected chi connectivity index (χ3v) is 17.7. The maximum atomic E-state index is 12.8. The topological polar surface area (TPSA) is 77.5 Å². The van der Waals surface area contributed by atoms with Crippen molar-refractivity contribution in [1.82, 2.24) is 0 Å². The van der Waals surface area contributed by atoms with Crippen LogP contribution in [0, 0.1) is 69.2 Å². The molecule has 7 heteroatoms. The van der Waals surface area contributed by atoms with Gasteiger partial charge in [-0.2, -0.15) is 0 Å². The van der Waals surface area contributed by atoms with Crippen LogP contribution in [0.4, 0.5) is 0 Å². The second-order valence-corrected chi connectivity index (χ2v) is 26.0. The van der Waals surface area contributed by atoms with Crippen molar-refractivity contribution in [3.05, 3.63) is 369 Å². The predicted octanol–water partition coefficient (Wildman–Crippen LogP) is 22.1. The second kappa shape index (κ2) is 32.5. The van der Waals surface area contributed by atoms with Gasteiger partial charge in [-0.1, -0.05) is 286 Å². The van der Waals surface area contributed by atoms with Crippen LogP contribution in [-0.2, 0) is 9.84 Å². The summed E-state index contributed by atoms with van der Waals surface area (Å²) >= 11 is 1.80. The van der Waals surface area contributed by atoms with Gasteiger partial charge in [0.1, 0.15) is 11.5 Å². The van der Waals surface area contributed by atoms with E-state index in [-0.39, 0.29) is 11.6 Å².